The number of nitrogens with zero attached hydrogens (tertiary/aromatic N) is 2. The lowest BCUT2D eigenvalue weighted by molar-refractivity contribution is -0.132. The van der Waals surface area contributed by atoms with Crippen LogP contribution in [0.1, 0.15) is 51.6 Å². The van der Waals surface area contributed by atoms with Crippen molar-refractivity contribution >= 4 is 11.7 Å². The number of rotatable bonds is 4. The van der Waals surface area contributed by atoms with Crippen molar-refractivity contribution in [3.05, 3.63) is 23.9 Å². The number of carbonyl (C=O) groups is 1. The number of hydrogen-bond donors (Lipinski definition) is 1. The van der Waals surface area contributed by atoms with Crippen LogP contribution in [0.5, 0.6) is 0 Å². The first-order valence-electron chi connectivity index (χ1n) is 7.55. The molecule has 2 heterocycles. The maximum absolute atomic E-state index is 11.8. The van der Waals surface area contributed by atoms with Gasteiger partial charge in [0.15, 0.2) is 0 Å². The van der Waals surface area contributed by atoms with Crippen LogP contribution >= 0.6 is 0 Å². The van der Waals surface area contributed by atoms with E-state index in [4.69, 9.17) is 0 Å². The molecule has 1 fully saturated rings. The van der Waals surface area contributed by atoms with Gasteiger partial charge in [-0.15, -0.1) is 0 Å². The molecule has 1 aromatic heterocycles. The van der Waals surface area contributed by atoms with E-state index in [0.29, 0.717) is 5.92 Å². The van der Waals surface area contributed by atoms with Crippen molar-refractivity contribution in [1.29, 1.82) is 0 Å². The Bertz CT molecular complexity index is 459. The summed E-state index contributed by atoms with van der Waals surface area (Å²) in [4.78, 5) is 18.3. The first kappa shape index (κ1) is 14.8. The van der Waals surface area contributed by atoms with Gasteiger partial charge in [0.05, 0.1) is 6.04 Å². The Kier molecular flexibility index (Phi) is 4.99. The second kappa shape index (κ2) is 6.73. The molecule has 0 unspecified atom stereocenters. The van der Waals surface area contributed by atoms with E-state index in [-0.39, 0.29) is 11.9 Å². The Labute approximate surface area is 121 Å². The van der Waals surface area contributed by atoms with Crippen molar-refractivity contribution < 1.29 is 4.79 Å². The molecule has 0 radical (unpaired) electrons. The molecule has 1 aromatic rings. The Balaban J connectivity index is 2.23. The molecule has 0 aliphatic carbocycles. The smallest absolute Gasteiger partial charge is 0.219 e. The zero-order valence-electron chi connectivity index (χ0n) is 12.7. The van der Waals surface area contributed by atoms with Gasteiger partial charge < -0.3 is 10.2 Å². The van der Waals surface area contributed by atoms with Crippen LogP contribution in [-0.2, 0) is 4.79 Å². The Morgan fingerprint density at radius 3 is 3.00 bits per heavy atom. The fourth-order valence-electron chi connectivity index (χ4n) is 2.77. The molecule has 2 rings (SSSR count). The number of likely N-dealkylation sites (tertiary alicyclic amines) is 1. The van der Waals surface area contributed by atoms with Gasteiger partial charge in [0.2, 0.25) is 5.91 Å². The lowest BCUT2D eigenvalue weighted by Gasteiger charge is -2.36. The summed E-state index contributed by atoms with van der Waals surface area (Å²) in [6.45, 7) is 7.78. The molecule has 0 saturated carbocycles. The summed E-state index contributed by atoms with van der Waals surface area (Å²) in [6, 6.07) is 4.23. The van der Waals surface area contributed by atoms with E-state index in [1.165, 1.54) is 6.42 Å². The third-order valence-electron chi connectivity index (χ3n) is 3.78. The van der Waals surface area contributed by atoms with E-state index >= 15 is 0 Å². The maximum Gasteiger partial charge on any atom is 0.219 e. The zero-order valence-corrected chi connectivity index (χ0v) is 12.7. The van der Waals surface area contributed by atoms with Gasteiger partial charge in [0.1, 0.15) is 5.82 Å². The minimum Gasteiger partial charge on any atom is -0.370 e. The van der Waals surface area contributed by atoms with Crippen LogP contribution in [0.3, 0.4) is 0 Å². The highest BCUT2D eigenvalue weighted by molar-refractivity contribution is 5.74. The number of amides is 1. The van der Waals surface area contributed by atoms with E-state index in [1.807, 2.05) is 17.2 Å². The molecule has 4 heteroatoms. The summed E-state index contributed by atoms with van der Waals surface area (Å²) in [5, 5.41) is 3.42. The molecular formula is C16H25N3O. The van der Waals surface area contributed by atoms with Crippen molar-refractivity contribution in [3.63, 3.8) is 0 Å². The van der Waals surface area contributed by atoms with Crippen molar-refractivity contribution in [1.82, 2.24) is 9.88 Å². The minimum atomic E-state index is 0.161. The number of carbonyl (C=O) groups excluding carboxylic acids is 1. The predicted octanol–water partition coefficient (Wildman–Crippen LogP) is 3.22. The fraction of sp³-hybridized carbons (Fsp3) is 0.625. The molecule has 1 aliphatic heterocycles. The van der Waals surface area contributed by atoms with Crippen LogP contribution in [0.15, 0.2) is 18.3 Å². The van der Waals surface area contributed by atoms with Crippen LogP contribution in [0.2, 0.25) is 0 Å². The summed E-state index contributed by atoms with van der Waals surface area (Å²) in [5.74, 6) is 1.66. The first-order chi connectivity index (χ1) is 9.59. The minimum absolute atomic E-state index is 0.161. The van der Waals surface area contributed by atoms with Gasteiger partial charge in [0.25, 0.3) is 0 Å². The number of pyridine rings is 1. The number of piperidine rings is 1. The highest BCUT2D eigenvalue weighted by Gasteiger charge is 2.27. The van der Waals surface area contributed by atoms with Crippen molar-refractivity contribution in [2.75, 3.05) is 18.4 Å². The second-order valence-electron chi connectivity index (χ2n) is 5.94. The van der Waals surface area contributed by atoms with Crippen LogP contribution in [0.4, 0.5) is 5.82 Å². The van der Waals surface area contributed by atoms with Gasteiger partial charge in [0, 0.05) is 31.8 Å². The van der Waals surface area contributed by atoms with E-state index in [0.717, 1.165) is 37.3 Å². The molecule has 0 bridgehead atoms. The van der Waals surface area contributed by atoms with Crippen LogP contribution in [0.25, 0.3) is 0 Å². The highest BCUT2D eigenvalue weighted by Crippen LogP contribution is 2.34. The topological polar surface area (TPSA) is 45.2 Å². The fourth-order valence-corrected chi connectivity index (χ4v) is 2.77. The van der Waals surface area contributed by atoms with Crippen LogP contribution in [0, 0.1) is 5.92 Å². The summed E-state index contributed by atoms with van der Waals surface area (Å²) in [7, 11) is 0. The van der Waals surface area contributed by atoms with E-state index in [1.54, 1.807) is 6.92 Å². The Morgan fingerprint density at radius 2 is 2.30 bits per heavy atom. The number of nitrogens with one attached hydrogen (secondary N) is 1. The summed E-state index contributed by atoms with van der Waals surface area (Å²) in [6.07, 6.45) is 5.12. The monoisotopic (exact) mass is 275 g/mol. The average Bonchev–Trinajstić information content (AvgIpc) is 2.45. The molecule has 1 aliphatic rings. The summed E-state index contributed by atoms with van der Waals surface area (Å²) < 4.78 is 0. The normalized spacial score (nSPS) is 19.2. The van der Waals surface area contributed by atoms with Crippen molar-refractivity contribution in [2.45, 2.75) is 46.1 Å². The summed E-state index contributed by atoms with van der Waals surface area (Å²) in [5.41, 5.74) is 1.16. The zero-order chi connectivity index (χ0) is 14.5. The van der Waals surface area contributed by atoms with E-state index in [9.17, 15) is 4.79 Å². The van der Waals surface area contributed by atoms with E-state index < -0.39 is 0 Å². The van der Waals surface area contributed by atoms with E-state index in [2.05, 4.69) is 30.2 Å². The lowest BCUT2D eigenvalue weighted by Crippen LogP contribution is -2.37. The number of hydrogen-bond acceptors (Lipinski definition) is 3. The third-order valence-corrected chi connectivity index (χ3v) is 3.78. The molecule has 4 nitrogen and oxygen atoms in total. The number of aromatic nitrogens is 1. The molecule has 20 heavy (non-hydrogen) atoms. The largest absolute Gasteiger partial charge is 0.370 e. The predicted molar refractivity (Wildman–Crippen MR) is 81.5 cm³/mol. The SMILES string of the molecule is CC(=O)N1CCCC[C@@H]1c1cccnc1NCC(C)C. The average molecular weight is 275 g/mol. The van der Waals surface area contributed by atoms with Gasteiger partial charge in [-0.2, -0.15) is 0 Å². The van der Waals surface area contributed by atoms with Crippen LogP contribution in [-0.4, -0.2) is 28.9 Å². The van der Waals surface area contributed by atoms with Gasteiger partial charge in [-0.25, -0.2) is 4.98 Å². The molecule has 0 aromatic carbocycles. The quantitative estimate of drug-likeness (QED) is 0.917. The van der Waals surface area contributed by atoms with Crippen molar-refractivity contribution in [2.24, 2.45) is 5.92 Å². The lowest BCUT2D eigenvalue weighted by atomic mass is 9.95. The van der Waals surface area contributed by atoms with Crippen LogP contribution < -0.4 is 5.32 Å². The third kappa shape index (κ3) is 3.50. The standard InChI is InChI=1S/C16H25N3O/c1-12(2)11-18-16-14(7-6-9-17-16)15-8-4-5-10-19(15)13(3)20/h6-7,9,12,15H,4-5,8,10-11H2,1-3H3,(H,17,18)/t15-/m1/s1. The molecule has 0 spiro atoms. The maximum atomic E-state index is 11.8. The van der Waals surface area contributed by atoms with Gasteiger partial charge in [-0.05, 0) is 31.2 Å². The molecule has 110 valence electrons. The molecule has 1 saturated heterocycles. The Hall–Kier alpha value is -1.58. The molecule has 1 atom stereocenters. The summed E-state index contributed by atoms with van der Waals surface area (Å²) >= 11 is 0. The van der Waals surface area contributed by atoms with Crippen molar-refractivity contribution in [3.8, 4) is 0 Å². The molecule has 1 amide bonds. The highest BCUT2D eigenvalue weighted by atomic mass is 16.2. The van der Waals surface area contributed by atoms with Gasteiger partial charge in [-0.3, -0.25) is 4.79 Å². The van der Waals surface area contributed by atoms with Gasteiger partial charge >= 0.3 is 0 Å². The first-order valence-corrected chi connectivity index (χ1v) is 7.55. The second-order valence-corrected chi connectivity index (χ2v) is 5.94. The molecule has 1 N–H and O–H groups in total. The number of anilines is 1. The Morgan fingerprint density at radius 1 is 1.50 bits per heavy atom. The van der Waals surface area contributed by atoms with Gasteiger partial charge in [-0.1, -0.05) is 19.9 Å². The molecular weight excluding hydrogens is 250 g/mol.